The minimum atomic E-state index is -1.28. The Morgan fingerprint density at radius 2 is 1.91 bits per heavy atom. The van der Waals surface area contributed by atoms with Gasteiger partial charge in [0.1, 0.15) is 30.1 Å². The van der Waals surface area contributed by atoms with Crippen LogP contribution in [0.5, 0.6) is 5.75 Å². The number of benzene rings is 2. The molecule has 5 atom stereocenters. The predicted octanol–water partition coefficient (Wildman–Crippen LogP) is 0.981. The molecule has 1 aromatic heterocycles. The van der Waals surface area contributed by atoms with Gasteiger partial charge >= 0.3 is 5.97 Å². The Hall–Kier alpha value is -3.44. The van der Waals surface area contributed by atoms with Gasteiger partial charge in [0.25, 0.3) is 0 Å². The zero-order valence-electron chi connectivity index (χ0n) is 18.2. The molecule has 0 radical (unpaired) electrons. The Balaban J connectivity index is 1.52. The molecule has 2 aromatic carbocycles. The molecule has 34 heavy (non-hydrogen) atoms. The number of aliphatic hydroxyl groups is 3. The largest absolute Gasteiger partial charge is 0.497 e. The first-order valence-electron chi connectivity index (χ1n) is 10.8. The number of hydrogen-bond donors (Lipinski definition) is 4. The highest BCUT2D eigenvalue weighted by Gasteiger charge is 2.49. The molecule has 0 aliphatic carbocycles. The van der Waals surface area contributed by atoms with E-state index in [-0.39, 0.29) is 11.5 Å². The lowest BCUT2D eigenvalue weighted by Gasteiger charge is -2.36. The van der Waals surface area contributed by atoms with Crippen molar-refractivity contribution in [1.82, 2.24) is 4.57 Å². The van der Waals surface area contributed by atoms with Gasteiger partial charge in [0.2, 0.25) is 12.2 Å². The highest BCUT2D eigenvalue weighted by atomic mass is 16.7. The van der Waals surface area contributed by atoms with E-state index in [1.807, 2.05) is 29.0 Å². The molecule has 0 bridgehead atoms. The van der Waals surface area contributed by atoms with E-state index in [4.69, 9.17) is 19.3 Å². The standard InChI is InChI=1S/C24H24N2O8/c1-32-14-6-7-17-15(8-14)16(10-26(17)9-12-2-4-13(5-3-12)23(30)31)22-25-19-21(29)20(28)18(11-27)33-24(19)34-22/h2-8,10,18-21,24,27-29H,9,11H2,1H3,(H,30,31)/t18-,19-,20-,21-,24-/m1/s1. The Bertz CT molecular complexity index is 1250. The van der Waals surface area contributed by atoms with Crippen LogP contribution in [0.1, 0.15) is 21.5 Å². The van der Waals surface area contributed by atoms with Gasteiger partial charge in [-0.1, -0.05) is 12.1 Å². The summed E-state index contributed by atoms with van der Waals surface area (Å²) in [6, 6.07) is 11.4. The van der Waals surface area contributed by atoms with Gasteiger partial charge in [-0.3, -0.25) is 0 Å². The van der Waals surface area contributed by atoms with Crippen molar-refractivity contribution in [1.29, 1.82) is 0 Å². The van der Waals surface area contributed by atoms with Crippen LogP contribution in [0.2, 0.25) is 0 Å². The molecule has 0 saturated carbocycles. The van der Waals surface area contributed by atoms with Gasteiger partial charge in [0.15, 0.2) is 0 Å². The van der Waals surface area contributed by atoms with Crippen molar-refractivity contribution in [3.05, 3.63) is 65.4 Å². The summed E-state index contributed by atoms with van der Waals surface area (Å²) in [5, 5.41) is 40.0. The molecule has 1 saturated heterocycles. The minimum absolute atomic E-state index is 0.213. The molecule has 3 aromatic rings. The van der Waals surface area contributed by atoms with Gasteiger partial charge < -0.3 is 39.2 Å². The topological polar surface area (TPSA) is 143 Å². The van der Waals surface area contributed by atoms with Gasteiger partial charge in [-0.2, -0.15) is 0 Å². The van der Waals surface area contributed by atoms with Gasteiger partial charge in [0.05, 0.1) is 24.8 Å². The van der Waals surface area contributed by atoms with Crippen molar-refractivity contribution in [2.45, 2.75) is 37.2 Å². The summed E-state index contributed by atoms with van der Waals surface area (Å²) in [5.74, 6) is -0.0957. The Kier molecular flexibility index (Phi) is 5.74. The SMILES string of the molecule is COc1ccc2c(c1)c(C1=N[C@H]3[C@@H](O1)O[C@H](CO)[C@@H](O)[C@@H]3O)cn2Cc1ccc(C(=O)O)cc1. The molecule has 2 aliphatic heterocycles. The molecule has 5 rings (SSSR count). The first-order valence-corrected chi connectivity index (χ1v) is 10.8. The van der Waals surface area contributed by atoms with E-state index in [2.05, 4.69) is 4.99 Å². The summed E-state index contributed by atoms with van der Waals surface area (Å²) in [4.78, 5) is 15.6. The summed E-state index contributed by atoms with van der Waals surface area (Å²) in [6.45, 7) is 0.00457. The molecular weight excluding hydrogens is 444 g/mol. The first-order chi connectivity index (χ1) is 16.4. The van der Waals surface area contributed by atoms with Crippen LogP contribution in [0, 0.1) is 0 Å². The molecule has 10 nitrogen and oxygen atoms in total. The van der Waals surface area contributed by atoms with Crippen LogP contribution in [-0.2, 0) is 16.0 Å². The average Bonchev–Trinajstić information content (AvgIpc) is 3.43. The highest BCUT2D eigenvalue weighted by molar-refractivity contribution is 6.08. The summed E-state index contributed by atoms with van der Waals surface area (Å²) < 4.78 is 18.9. The van der Waals surface area contributed by atoms with E-state index in [9.17, 15) is 20.1 Å². The first kappa shape index (κ1) is 22.4. The van der Waals surface area contributed by atoms with Crippen LogP contribution in [-0.4, -0.2) is 81.2 Å². The van der Waals surface area contributed by atoms with Gasteiger partial charge in [-0.05, 0) is 35.9 Å². The van der Waals surface area contributed by atoms with E-state index in [0.29, 0.717) is 17.9 Å². The number of aliphatic imine (C=N–C) groups is 1. The number of ether oxygens (including phenoxy) is 3. The van der Waals surface area contributed by atoms with E-state index in [1.165, 1.54) is 0 Å². The second kappa shape index (κ2) is 8.73. The molecule has 0 unspecified atom stereocenters. The molecule has 10 heteroatoms. The van der Waals surface area contributed by atoms with E-state index >= 15 is 0 Å². The van der Waals surface area contributed by atoms with Crippen molar-refractivity contribution in [3.8, 4) is 5.75 Å². The number of methoxy groups -OCH3 is 1. The van der Waals surface area contributed by atoms with E-state index in [1.54, 1.807) is 31.4 Å². The Morgan fingerprint density at radius 1 is 1.15 bits per heavy atom. The van der Waals surface area contributed by atoms with Crippen LogP contribution in [0.3, 0.4) is 0 Å². The van der Waals surface area contributed by atoms with Crippen LogP contribution >= 0.6 is 0 Å². The molecule has 1 fully saturated rings. The fourth-order valence-corrected chi connectivity index (χ4v) is 4.36. The second-order valence-electron chi connectivity index (χ2n) is 8.31. The summed E-state index contributed by atoms with van der Waals surface area (Å²) in [7, 11) is 1.57. The van der Waals surface area contributed by atoms with Crippen LogP contribution in [0.25, 0.3) is 10.9 Å². The maximum Gasteiger partial charge on any atom is 0.335 e. The molecule has 2 aliphatic rings. The van der Waals surface area contributed by atoms with Crippen molar-refractivity contribution in [3.63, 3.8) is 0 Å². The van der Waals surface area contributed by atoms with Crippen molar-refractivity contribution in [2.24, 2.45) is 4.99 Å². The number of carbonyl (C=O) groups is 1. The van der Waals surface area contributed by atoms with Crippen molar-refractivity contribution < 1.29 is 39.4 Å². The van der Waals surface area contributed by atoms with Crippen molar-refractivity contribution >= 4 is 22.8 Å². The second-order valence-corrected chi connectivity index (χ2v) is 8.31. The van der Waals surface area contributed by atoms with Crippen LogP contribution in [0.15, 0.2) is 53.7 Å². The lowest BCUT2D eigenvalue weighted by Crippen LogP contribution is -2.56. The molecule has 0 amide bonds. The van der Waals surface area contributed by atoms with E-state index < -0.39 is 43.2 Å². The number of carboxylic acids is 1. The number of fused-ring (bicyclic) bond motifs is 2. The zero-order chi connectivity index (χ0) is 24.0. The Labute approximate surface area is 194 Å². The fraction of sp³-hybridized carbons (Fsp3) is 0.333. The normalized spacial score (nSPS) is 26.1. The molecule has 0 spiro atoms. The molecular formula is C24H24N2O8. The molecule has 3 heterocycles. The lowest BCUT2D eigenvalue weighted by atomic mass is 9.98. The van der Waals surface area contributed by atoms with Crippen LogP contribution < -0.4 is 4.74 Å². The summed E-state index contributed by atoms with van der Waals surface area (Å²) in [6.07, 6.45) is -2.58. The fourth-order valence-electron chi connectivity index (χ4n) is 4.36. The number of aliphatic hydroxyl groups excluding tert-OH is 3. The predicted molar refractivity (Wildman–Crippen MR) is 120 cm³/mol. The van der Waals surface area contributed by atoms with Gasteiger partial charge in [0, 0.05) is 23.6 Å². The summed E-state index contributed by atoms with van der Waals surface area (Å²) in [5.41, 5.74) is 2.63. The Morgan fingerprint density at radius 3 is 2.59 bits per heavy atom. The number of aromatic carboxylic acids is 1. The number of aromatic nitrogens is 1. The monoisotopic (exact) mass is 468 g/mol. The number of rotatable bonds is 6. The third kappa shape index (κ3) is 3.80. The average molecular weight is 468 g/mol. The summed E-state index contributed by atoms with van der Waals surface area (Å²) >= 11 is 0. The maximum absolute atomic E-state index is 11.1. The minimum Gasteiger partial charge on any atom is -0.497 e. The number of carboxylic acid groups (broad SMARTS) is 1. The third-order valence-corrected chi connectivity index (χ3v) is 6.22. The van der Waals surface area contributed by atoms with Crippen LogP contribution in [0.4, 0.5) is 0 Å². The smallest absolute Gasteiger partial charge is 0.335 e. The number of nitrogens with zero attached hydrogens (tertiary/aromatic N) is 2. The molecule has 178 valence electrons. The zero-order valence-corrected chi connectivity index (χ0v) is 18.2. The third-order valence-electron chi connectivity index (χ3n) is 6.22. The quantitative estimate of drug-likeness (QED) is 0.419. The maximum atomic E-state index is 11.1. The van der Waals surface area contributed by atoms with Crippen molar-refractivity contribution in [2.75, 3.05) is 13.7 Å². The van der Waals surface area contributed by atoms with Gasteiger partial charge in [-0.15, -0.1) is 0 Å². The highest BCUT2D eigenvalue weighted by Crippen LogP contribution is 2.34. The van der Waals surface area contributed by atoms with Gasteiger partial charge in [-0.25, -0.2) is 9.79 Å². The number of hydrogen-bond acceptors (Lipinski definition) is 8. The lowest BCUT2D eigenvalue weighted by molar-refractivity contribution is -0.234. The van der Waals surface area contributed by atoms with E-state index in [0.717, 1.165) is 16.5 Å². The molecule has 4 N–H and O–H groups in total.